The molecular weight excluding hydrogens is 240 g/mol. The van der Waals surface area contributed by atoms with Crippen LogP contribution in [0, 0.1) is 0 Å². The molecule has 0 saturated carbocycles. The van der Waals surface area contributed by atoms with E-state index in [0.29, 0.717) is 0 Å². The van der Waals surface area contributed by atoms with Gasteiger partial charge in [0.2, 0.25) is 0 Å². The minimum atomic E-state index is -0.157. The summed E-state index contributed by atoms with van der Waals surface area (Å²) in [6.45, 7) is 0.732. The second-order valence-corrected chi connectivity index (χ2v) is 4.82. The van der Waals surface area contributed by atoms with Crippen LogP contribution in [0.5, 0.6) is 0 Å². The van der Waals surface area contributed by atoms with E-state index in [0.717, 1.165) is 29.3 Å². The number of hydrogen-bond acceptors (Lipinski definition) is 4. The second-order valence-electron chi connectivity index (χ2n) is 4.82. The molecule has 1 aliphatic rings. The van der Waals surface area contributed by atoms with Gasteiger partial charge < -0.3 is 10.1 Å². The average Bonchev–Trinajstić information content (AvgIpc) is 2.95. The van der Waals surface area contributed by atoms with Crippen LogP contribution in [-0.2, 0) is 4.74 Å². The van der Waals surface area contributed by atoms with Crippen LogP contribution in [0.25, 0.3) is 10.8 Å². The first-order chi connectivity index (χ1) is 9.29. The molecule has 2 aromatic rings. The van der Waals surface area contributed by atoms with Crippen LogP contribution in [0.3, 0.4) is 0 Å². The van der Waals surface area contributed by atoms with Gasteiger partial charge in [0.05, 0.1) is 12.1 Å². The summed E-state index contributed by atoms with van der Waals surface area (Å²) in [4.78, 5) is 16.7. The van der Waals surface area contributed by atoms with Gasteiger partial charge in [0.15, 0.2) is 5.78 Å². The topological polar surface area (TPSA) is 51.2 Å². The Hall–Kier alpha value is -1.78. The van der Waals surface area contributed by atoms with E-state index in [1.54, 1.807) is 19.5 Å². The van der Waals surface area contributed by atoms with Crippen molar-refractivity contribution in [3.63, 3.8) is 0 Å². The predicted molar refractivity (Wildman–Crippen MR) is 73.3 cm³/mol. The Balaban J connectivity index is 1.94. The molecule has 1 aromatic heterocycles. The fourth-order valence-corrected chi connectivity index (χ4v) is 2.60. The number of benzene rings is 1. The van der Waals surface area contributed by atoms with Gasteiger partial charge in [-0.05, 0) is 17.9 Å². The Labute approximate surface area is 111 Å². The molecule has 1 aromatic carbocycles. The minimum absolute atomic E-state index is 0.123. The number of ketones is 1. The largest absolute Gasteiger partial charge is 0.380 e. The van der Waals surface area contributed by atoms with Gasteiger partial charge in [-0.25, -0.2) is 0 Å². The minimum Gasteiger partial charge on any atom is -0.380 e. The third kappa shape index (κ3) is 2.25. The third-order valence-electron chi connectivity index (χ3n) is 3.69. The lowest BCUT2D eigenvalue weighted by Gasteiger charge is -2.11. The zero-order valence-electron chi connectivity index (χ0n) is 10.8. The number of carbonyl (C=O) groups excluding carboxylic acids is 1. The van der Waals surface area contributed by atoms with Crippen LogP contribution in [0.1, 0.15) is 16.8 Å². The maximum Gasteiger partial charge on any atom is 0.180 e. The van der Waals surface area contributed by atoms with Crippen molar-refractivity contribution < 1.29 is 9.53 Å². The first kappa shape index (κ1) is 12.3. The number of carbonyl (C=O) groups is 1. The molecule has 0 bridgehead atoms. The molecule has 19 heavy (non-hydrogen) atoms. The molecule has 2 heterocycles. The third-order valence-corrected chi connectivity index (χ3v) is 3.69. The van der Waals surface area contributed by atoms with Crippen molar-refractivity contribution in [2.75, 3.05) is 13.7 Å². The fraction of sp³-hybridized carbons (Fsp3) is 0.333. The van der Waals surface area contributed by atoms with Crippen molar-refractivity contribution in [1.82, 2.24) is 10.3 Å². The molecule has 1 saturated heterocycles. The van der Waals surface area contributed by atoms with E-state index >= 15 is 0 Å². The molecule has 1 aliphatic heterocycles. The van der Waals surface area contributed by atoms with E-state index in [4.69, 9.17) is 4.74 Å². The monoisotopic (exact) mass is 256 g/mol. The van der Waals surface area contributed by atoms with E-state index < -0.39 is 0 Å². The molecule has 2 atom stereocenters. The van der Waals surface area contributed by atoms with Crippen LogP contribution < -0.4 is 5.32 Å². The molecule has 0 aliphatic carbocycles. The molecule has 0 amide bonds. The highest BCUT2D eigenvalue weighted by molar-refractivity contribution is 6.10. The number of Topliss-reactive ketones (excluding diaryl/α,β-unsaturated/α-hetero) is 1. The molecule has 1 N–H and O–H groups in total. The van der Waals surface area contributed by atoms with Crippen LogP contribution >= 0.6 is 0 Å². The van der Waals surface area contributed by atoms with Gasteiger partial charge in [0.1, 0.15) is 0 Å². The van der Waals surface area contributed by atoms with Crippen LogP contribution in [-0.4, -0.2) is 36.6 Å². The summed E-state index contributed by atoms with van der Waals surface area (Å²) in [5.74, 6) is 0.123. The second kappa shape index (κ2) is 5.07. The van der Waals surface area contributed by atoms with Crippen molar-refractivity contribution in [3.05, 3.63) is 42.2 Å². The fourth-order valence-electron chi connectivity index (χ4n) is 2.60. The Morgan fingerprint density at radius 1 is 1.42 bits per heavy atom. The maximum atomic E-state index is 12.6. The lowest BCUT2D eigenvalue weighted by molar-refractivity contribution is 0.0920. The molecule has 3 rings (SSSR count). The summed E-state index contributed by atoms with van der Waals surface area (Å²) < 4.78 is 5.29. The predicted octanol–water partition coefficient (Wildman–Crippen LogP) is 1.79. The first-order valence-electron chi connectivity index (χ1n) is 6.42. The number of fused-ring (bicyclic) bond motifs is 1. The van der Waals surface area contributed by atoms with Gasteiger partial charge in [-0.2, -0.15) is 0 Å². The van der Waals surface area contributed by atoms with Crippen LogP contribution in [0.15, 0.2) is 36.7 Å². The zero-order valence-corrected chi connectivity index (χ0v) is 10.8. The summed E-state index contributed by atoms with van der Waals surface area (Å²) in [5, 5.41) is 5.18. The highest BCUT2D eigenvalue weighted by Gasteiger charge is 2.30. The smallest absolute Gasteiger partial charge is 0.180 e. The normalized spacial score (nSPS) is 22.8. The number of nitrogens with one attached hydrogen (secondary N) is 1. The summed E-state index contributed by atoms with van der Waals surface area (Å²) in [6.07, 6.45) is 4.35. The number of hydrogen-bond donors (Lipinski definition) is 1. The number of methoxy groups -OCH3 is 1. The molecule has 2 unspecified atom stereocenters. The van der Waals surface area contributed by atoms with Gasteiger partial charge in [0, 0.05) is 37.0 Å². The number of ether oxygens (including phenoxy) is 1. The SMILES string of the molecule is COC1CNC(C(=O)c2cccc3ccncc23)C1. The van der Waals surface area contributed by atoms with Gasteiger partial charge in [-0.1, -0.05) is 18.2 Å². The summed E-state index contributed by atoms with van der Waals surface area (Å²) in [6, 6.07) is 7.54. The van der Waals surface area contributed by atoms with Crippen LogP contribution in [0.4, 0.5) is 0 Å². The summed E-state index contributed by atoms with van der Waals surface area (Å²) >= 11 is 0. The van der Waals surface area contributed by atoms with Crippen molar-refractivity contribution in [2.45, 2.75) is 18.6 Å². The van der Waals surface area contributed by atoms with E-state index in [9.17, 15) is 4.79 Å². The van der Waals surface area contributed by atoms with Gasteiger partial charge >= 0.3 is 0 Å². The summed E-state index contributed by atoms with van der Waals surface area (Å²) in [5.41, 5.74) is 0.736. The highest BCUT2D eigenvalue weighted by atomic mass is 16.5. The van der Waals surface area contributed by atoms with E-state index in [1.165, 1.54) is 0 Å². The maximum absolute atomic E-state index is 12.6. The quantitative estimate of drug-likeness (QED) is 0.851. The average molecular weight is 256 g/mol. The number of nitrogens with zero attached hydrogens (tertiary/aromatic N) is 1. The van der Waals surface area contributed by atoms with Crippen LogP contribution in [0.2, 0.25) is 0 Å². The van der Waals surface area contributed by atoms with E-state index in [1.807, 2.05) is 24.3 Å². The van der Waals surface area contributed by atoms with E-state index in [2.05, 4.69) is 10.3 Å². The van der Waals surface area contributed by atoms with Crippen molar-refractivity contribution >= 4 is 16.6 Å². The van der Waals surface area contributed by atoms with Gasteiger partial charge in [-0.3, -0.25) is 9.78 Å². The molecule has 4 heteroatoms. The van der Waals surface area contributed by atoms with Gasteiger partial charge in [0.25, 0.3) is 0 Å². The highest BCUT2D eigenvalue weighted by Crippen LogP contribution is 2.21. The zero-order chi connectivity index (χ0) is 13.2. The Bertz CT molecular complexity index is 607. The Morgan fingerprint density at radius 2 is 2.32 bits per heavy atom. The Kier molecular flexibility index (Phi) is 3.27. The molecule has 0 spiro atoms. The van der Waals surface area contributed by atoms with Crippen molar-refractivity contribution in [3.8, 4) is 0 Å². The molecule has 4 nitrogen and oxygen atoms in total. The number of pyridine rings is 1. The molecular formula is C15H16N2O2. The lowest BCUT2D eigenvalue weighted by atomic mass is 9.98. The van der Waals surface area contributed by atoms with Gasteiger partial charge in [-0.15, -0.1) is 0 Å². The number of aromatic nitrogens is 1. The molecule has 0 radical (unpaired) electrons. The Morgan fingerprint density at radius 3 is 3.11 bits per heavy atom. The molecule has 1 fully saturated rings. The standard InChI is InChI=1S/C15H16N2O2/c1-19-11-7-14(17-8-11)15(18)12-4-2-3-10-5-6-16-9-13(10)12/h2-6,9,11,14,17H,7-8H2,1H3. The number of rotatable bonds is 3. The van der Waals surface area contributed by atoms with E-state index in [-0.39, 0.29) is 17.9 Å². The first-order valence-corrected chi connectivity index (χ1v) is 6.42. The van der Waals surface area contributed by atoms with Crippen molar-refractivity contribution in [2.24, 2.45) is 0 Å². The summed E-state index contributed by atoms with van der Waals surface area (Å²) in [7, 11) is 1.68. The lowest BCUT2D eigenvalue weighted by Crippen LogP contribution is -2.30. The molecule has 98 valence electrons. The van der Waals surface area contributed by atoms with Crippen molar-refractivity contribution in [1.29, 1.82) is 0 Å².